The monoisotopic (exact) mass is 416 g/mol. The maximum Gasteiger partial charge on any atom is 0.335 e. The van der Waals surface area contributed by atoms with Crippen LogP contribution in [-0.4, -0.2) is 23.2 Å². The first-order chi connectivity index (χ1) is 13.3. The first-order valence-electron chi connectivity index (χ1n) is 8.08. The average molecular weight is 417 g/mol. The van der Waals surface area contributed by atoms with Crippen molar-refractivity contribution < 1.29 is 19.1 Å². The molecule has 0 radical (unpaired) electrons. The number of nitrogens with zero attached hydrogens (tertiary/aromatic N) is 1. The van der Waals surface area contributed by atoms with E-state index < -0.39 is 11.9 Å². The molecule has 0 unspecified atom stereocenters. The van der Waals surface area contributed by atoms with E-state index in [0.29, 0.717) is 33.2 Å². The number of carbonyl (C=O) groups excluding carboxylic acids is 1. The van der Waals surface area contributed by atoms with E-state index in [1.165, 1.54) is 24.4 Å². The van der Waals surface area contributed by atoms with Crippen LogP contribution >= 0.6 is 23.2 Å². The van der Waals surface area contributed by atoms with Gasteiger partial charge in [-0.05, 0) is 48.9 Å². The van der Waals surface area contributed by atoms with Crippen molar-refractivity contribution in [2.45, 2.75) is 6.92 Å². The van der Waals surface area contributed by atoms with Gasteiger partial charge in [-0.15, -0.1) is 0 Å². The van der Waals surface area contributed by atoms with Crippen molar-refractivity contribution in [1.29, 1.82) is 0 Å². The molecule has 0 bridgehead atoms. The molecule has 28 heavy (non-hydrogen) atoms. The molecule has 0 aliphatic carbocycles. The molecule has 3 aromatic rings. The predicted molar refractivity (Wildman–Crippen MR) is 107 cm³/mol. The molecule has 1 amide bonds. The standard InChI is InChI=1S/C20H14Cl2N2O4/c1-11-2-3-12(8-15(11)20(26)27)18-7-5-14(28-18)10-23-24-19(25)13-4-6-16(21)17(22)9-13/h2-10H,1H3,(H,24,25)(H,26,27)/b23-10-. The van der Waals surface area contributed by atoms with Crippen LogP contribution in [0.3, 0.4) is 0 Å². The lowest BCUT2D eigenvalue weighted by atomic mass is 10.0. The second-order valence-electron chi connectivity index (χ2n) is 5.86. The largest absolute Gasteiger partial charge is 0.478 e. The summed E-state index contributed by atoms with van der Waals surface area (Å²) in [5.41, 5.74) is 4.17. The number of carboxylic acid groups (broad SMARTS) is 1. The minimum atomic E-state index is -1.00. The number of amides is 1. The Morgan fingerprint density at radius 2 is 1.86 bits per heavy atom. The molecule has 142 valence electrons. The van der Waals surface area contributed by atoms with Gasteiger partial charge in [-0.2, -0.15) is 5.10 Å². The van der Waals surface area contributed by atoms with Crippen LogP contribution in [0.25, 0.3) is 11.3 Å². The topological polar surface area (TPSA) is 91.9 Å². The van der Waals surface area contributed by atoms with E-state index in [-0.39, 0.29) is 10.6 Å². The molecule has 0 saturated heterocycles. The Bertz CT molecular complexity index is 1090. The highest BCUT2D eigenvalue weighted by atomic mass is 35.5. The van der Waals surface area contributed by atoms with Crippen molar-refractivity contribution in [3.8, 4) is 11.3 Å². The normalized spacial score (nSPS) is 11.0. The number of rotatable bonds is 5. The van der Waals surface area contributed by atoms with E-state index in [0.717, 1.165) is 0 Å². The van der Waals surface area contributed by atoms with Crippen molar-refractivity contribution in [2.24, 2.45) is 5.10 Å². The molecule has 2 N–H and O–H groups in total. The van der Waals surface area contributed by atoms with E-state index >= 15 is 0 Å². The highest BCUT2D eigenvalue weighted by Gasteiger charge is 2.11. The molecule has 0 aliphatic rings. The van der Waals surface area contributed by atoms with Gasteiger partial charge in [0.2, 0.25) is 0 Å². The first kappa shape index (κ1) is 19.7. The van der Waals surface area contributed by atoms with E-state index in [4.69, 9.17) is 27.6 Å². The van der Waals surface area contributed by atoms with Gasteiger partial charge < -0.3 is 9.52 Å². The highest BCUT2D eigenvalue weighted by molar-refractivity contribution is 6.42. The number of halogens is 2. The zero-order chi connectivity index (χ0) is 20.3. The van der Waals surface area contributed by atoms with Crippen LogP contribution in [0.1, 0.15) is 32.0 Å². The van der Waals surface area contributed by atoms with E-state index in [1.54, 1.807) is 37.3 Å². The molecule has 1 heterocycles. The second kappa shape index (κ2) is 8.29. The molecule has 2 aromatic carbocycles. The van der Waals surface area contributed by atoms with Crippen LogP contribution < -0.4 is 5.43 Å². The summed E-state index contributed by atoms with van der Waals surface area (Å²) < 4.78 is 5.63. The molecule has 0 aliphatic heterocycles. The summed E-state index contributed by atoms with van der Waals surface area (Å²) in [6.45, 7) is 1.73. The highest BCUT2D eigenvalue weighted by Crippen LogP contribution is 2.25. The number of carbonyl (C=O) groups is 2. The maximum atomic E-state index is 12.0. The van der Waals surface area contributed by atoms with Gasteiger partial charge >= 0.3 is 5.97 Å². The van der Waals surface area contributed by atoms with Crippen molar-refractivity contribution in [3.63, 3.8) is 0 Å². The molecule has 6 nitrogen and oxygen atoms in total. The zero-order valence-electron chi connectivity index (χ0n) is 14.6. The summed E-state index contributed by atoms with van der Waals surface area (Å²) >= 11 is 11.7. The Kier molecular flexibility index (Phi) is 5.82. The summed E-state index contributed by atoms with van der Waals surface area (Å²) in [5.74, 6) is -0.578. The average Bonchev–Trinajstić information content (AvgIpc) is 3.13. The second-order valence-corrected chi connectivity index (χ2v) is 6.68. The lowest BCUT2D eigenvalue weighted by molar-refractivity contribution is 0.0696. The first-order valence-corrected chi connectivity index (χ1v) is 8.83. The van der Waals surface area contributed by atoms with E-state index in [1.807, 2.05) is 0 Å². The zero-order valence-corrected chi connectivity index (χ0v) is 16.1. The quantitative estimate of drug-likeness (QED) is 0.450. The Morgan fingerprint density at radius 1 is 1.07 bits per heavy atom. The molecule has 0 saturated carbocycles. The summed E-state index contributed by atoms with van der Waals surface area (Å²) in [6.07, 6.45) is 1.34. The van der Waals surface area contributed by atoms with Gasteiger partial charge in [-0.25, -0.2) is 10.2 Å². The van der Waals surface area contributed by atoms with Crippen LogP contribution in [0.5, 0.6) is 0 Å². The number of aryl methyl sites for hydroxylation is 1. The van der Waals surface area contributed by atoms with Gasteiger partial charge in [0.05, 0.1) is 21.8 Å². The molecule has 0 atom stereocenters. The summed E-state index contributed by atoms with van der Waals surface area (Å²) in [4.78, 5) is 23.3. The maximum absolute atomic E-state index is 12.0. The van der Waals surface area contributed by atoms with Crippen LogP contribution in [0.15, 0.2) is 58.0 Å². The van der Waals surface area contributed by atoms with E-state index in [9.17, 15) is 14.7 Å². The number of carboxylic acids is 1. The number of benzene rings is 2. The van der Waals surface area contributed by atoms with Crippen LogP contribution in [0.4, 0.5) is 0 Å². The molecule has 8 heteroatoms. The van der Waals surface area contributed by atoms with Crippen LogP contribution in [0, 0.1) is 6.92 Å². The van der Waals surface area contributed by atoms with Gasteiger partial charge in [0.25, 0.3) is 5.91 Å². The van der Waals surface area contributed by atoms with Gasteiger partial charge in [0.15, 0.2) is 0 Å². The van der Waals surface area contributed by atoms with Crippen LogP contribution in [0.2, 0.25) is 10.0 Å². The Balaban J connectivity index is 1.70. The van der Waals surface area contributed by atoms with Gasteiger partial charge in [0.1, 0.15) is 11.5 Å². The Labute approximate surface area is 170 Å². The summed E-state index contributed by atoms with van der Waals surface area (Å²) in [5, 5.41) is 13.7. The molecular weight excluding hydrogens is 403 g/mol. The van der Waals surface area contributed by atoms with Crippen molar-refractivity contribution in [2.75, 3.05) is 0 Å². The fourth-order valence-corrected chi connectivity index (χ4v) is 2.74. The van der Waals surface area contributed by atoms with E-state index in [2.05, 4.69) is 10.5 Å². The van der Waals surface area contributed by atoms with Gasteiger partial charge in [-0.1, -0.05) is 35.3 Å². The third kappa shape index (κ3) is 4.42. The smallest absolute Gasteiger partial charge is 0.335 e. The fourth-order valence-electron chi connectivity index (χ4n) is 2.44. The summed E-state index contributed by atoms with van der Waals surface area (Å²) in [6, 6.07) is 12.9. The molecular formula is C20H14Cl2N2O4. The number of hydrazone groups is 1. The van der Waals surface area contributed by atoms with Gasteiger partial charge in [0, 0.05) is 11.1 Å². The third-order valence-corrected chi connectivity index (χ3v) is 4.66. The van der Waals surface area contributed by atoms with Crippen molar-refractivity contribution in [1.82, 2.24) is 5.43 Å². The number of furan rings is 1. The molecule has 3 rings (SSSR count). The predicted octanol–water partition coefficient (Wildman–Crippen LogP) is 5.02. The van der Waals surface area contributed by atoms with Gasteiger partial charge in [-0.3, -0.25) is 4.79 Å². The number of hydrogen-bond acceptors (Lipinski definition) is 4. The number of aromatic carboxylic acids is 1. The number of nitrogens with one attached hydrogen (secondary N) is 1. The third-order valence-electron chi connectivity index (χ3n) is 3.92. The fraction of sp³-hybridized carbons (Fsp3) is 0.0500. The van der Waals surface area contributed by atoms with Crippen LogP contribution in [-0.2, 0) is 0 Å². The minimum absolute atomic E-state index is 0.206. The lowest BCUT2D eigenvalue weighted by Crippen LogP contribution is -2.17. The molecule has 0 spiro atoms. The Morgan fingerprint density at radius 3 is 2.57 bits per heavy atom. The SMILES string of the molecule is Cc1ccc(-c2ccc(/C=N\NC(=O)c3ccc(Cl)c(Cl)c3)o2)cc1C(=O)O. The molecule has 1 aromatic heterocycles. The number of hydrogen-bond donors (Lipinski definition) is 2. The van der Waals surface area contributed by atoms with Crippen molar-refractivity contribution in [3.05, 3.63) is 81.0 Å². The van der Waals surface area contributed by atoms with Crippen molar-refractivity contribution >= 4 is 41.3 Å². The lowest BCUT2D eigenvalue weighted by Gasteiger charge is -2.03. The minimum Gasteiger partial charge on any atom is -0.478 e. The molecule has 0 fully saturated rings. The summed E-state index contributed by atoms with van der Waals surface area (Å²) in [7, 11) is 0. The Hall–Kier alpha value is -3.09.